The van der Waals surface area contributed by atoms with Gasteiger partial charge in [0.15, 0.2) is 5.65 Å². The van der Waals surface area contributed by atoms with E-state index in [0.29, 0.717) is 10.3 Å². The van der Waals surface area contributed by atoms with E-state index in [9.17, 15) is 8.42 Å². The van der Waals surface area contributed by atoms with E-state index in [1.165, 1.54) is 10.2 Å². The first-order valence-electron chi connectivity index (χ1n) is 5.53. The summed E-state index contributed by atoms with van der Waals surface area (Å²) in [7, 11) is -3.61. The minimum atomic E-state index is -3.61. The highest BCUT2D eigenvalue weighted by Gasteiger charge is 2.19. The third-order valence-corrected chi connectivity index (χ3v) is 4.89. The molecule has 1 aromatic carbocycles. The molecule has 0 aliphatic heterocycles. The Hall–Kier alpha value is -1.66. The fourth-order valence-corrected chi connectivity index (χ4v) is 3.48. The maximum absolute atomic E-state index is 12.5. The van der Waals surface area contributed by atoms with Gasteiger partial charge in [-0.2, -0.15) is 0 Å². The molecular formula is C13H9BrN2O2S. The van der Waals surface area contributed by atoms with E-state index in [4.69, 9.17) is 0 Å². The lowest BCUT2D eigenvalue weighted by Crippen LogP contribution is -2.12. The molecule has 0 bridgehead atoms. The van der Waals surface area contributed by atoms with Crippen LogP contribution in [-0.2, 0) is 10.0 Å². The van der Waals surface area contributed by atoms with Crippen LogP contribution >= 0.6 is 15.9 Å². The molecule has 0 N–H and O–H groups in total. The highest BCUT2D eigenvalue weighted by atomic mass is 79.9. The summed E-state index contributed by atoms with van der Waals surface area (Å²) < 4.78 is 26.9. The minimum Gasteiger partial charge on any atom is -0.224 e. The summed E-state index contributed by atoms with van der Waals surface area (Å²) in [5.41, 5.74) is 0.415. The van der Waals surface area contributed by atoms with Gasteiger partial charge in [-0.25, -0.2) is 17.4 Å². The van der Waals surface area contributed by atoms with Crippen LogP contribution in [0.15, 0.2) is 64.2 Å². The van der Waals surface area contributed by atoms with E-state index in [2.05, 4.69) is 20.9 Å². The van der Waals surface area contributed by atoms with Gasteiger partial charge in [0.1, 0.15) is 4.60 Å². The van der Waals surface area contributed by atoms with Crippen molar-refractivity contribution in [1.82, 2.24) is 8.96 Å². The Balaban J connectivity index is 2.28. The Bertz CT molecular complexity index is 841. The zero-order valence-electron chi connectivity index (χ0n) is 9.69. The molecule has 0 spiro atoms. The third kappa shape index (κ3) is 2.06. The van der Waals surface area contributed by atoms with E-state index in [1.807, 2.05) is 6.07 Å². The number of aromatic nitrogens is 2. The van der Waals surface area contributed by atoms with Gasteiger partial charge in [-0.05, 0) is 46.3 Å². The highest BCUT2D eigenvalue weighted by Crippen LogP contribution is 2.22. The number of hydrogen-bond donors (Lipinski definition) is 0. The molecule has 0 aliphatic carbocycles. The molecule has 0 saturated heterocycles. The molecule has 4 nitrogen and oxygen atoms in total. The van der Waals surface area contributed by atoms with E-state index in [1.54, 1.807) is 42.5 Å². The Morgan fingerprint density at radius 3 is 2.47 bits per heavy atom. The van der Waals surface area contributed by atoms with Crippen LogP contribution in [0.2, 0.25) is 0 Å². The molecule has 96 valence electrons. The molecule has 0 saturated carbocycles. The van der Waals surface area contributed by atoms with Crippen LogP contribution in [0.3, 0.4) is 0 Å². The van der Waals surface area contributed by atoms with Crippen molar-refractivity contribution < 1.29 is 8.42 Å². The van der Waals surface area contributed by atoms with Gasteiger partial charge in [0.2, 0.25) is 0 Å². The highest BCUT2D eigenvalue weighted by molar-refractivity contribution is 9.10. The molecule has 0 amide bonds. The van der Waals surface area contributed by atoms with Crippen LogP contribution in [0, 0.1) is 0 Å². The second-order valence-electron chi connectivity index (χ2n) is 3.98. The normalized spacial score (nSPS) is 11.8. The molecular weight excluding hydrogens is 328 g/mol. The van der Waals surface area contributed by atoms with Gasteiger partial charge in [0.05, 0.1) is 4.90 Å². The summed E-state index contributed by atoms with van der Waals surface area (Å²) in [4.78, 5) is 4.47. The lowest BCUT2D eigenvalue weighted by molar-refractivity contribution is 0.588. The standard InChI is InChI=1S/C13H9BrN2O2S/c14-12-7-6-10-8-9-16(13(10)15-12)19(17,18)11-4-2-1-3-5-11/h1-9H. The Morgan fingerprint density at radius 1 is 1.00 bits per heavy atom. The molecule has 0 atom stereocenters. The van der Waals surface area contributed by atoms with Crippen LogP contribution in [0.5, 0.6) is 0 Å². The van der Waals surface area contributed by atoms with E-state index in [-0.39, 0.29) is 4.90 Å². The van der Waals surface area contributed by atoms with Crippen molar-refractivity contribution in [2.75, 3.05) is 0 Å². The van der Waals surface area contributed by atoms with Crippen LogP contribution in [-0.4, -0.2) is 17.4 Å². The molecule has 2 aromatic heterocycles. The average Bonchev–Trinajstić information content (AvgIpc) is 2.83. The smallest absolute Gasteiger partial charge is 0.224 e. The summed E-state index contributed by atoms with van der Waals surface area (Å²) in [6.07, 6.45) is 1.52. The van der Waals surface area contributed by atoms with E-state index >= 15 is 0 Å². The lowest BCUT2D eigenvalue weighted by Gasteiger charge is -2.06. The Kier molecular flexibility index (Phi) is 2.91. The first kappa shape index (κ1) is 12.4. The summed E-state index contributed by atoms with van der Waals surface area (Å²) in [5, 5.41) is 0.780. The van der Waals surface area contributed by atoms with Crippen LogP contribution in [0.25, 0.3) is 11.0 Å². The Labute approximate surface area is 118 Å². The summed E-state index contributed by atoms with van der Waals surface area (Å²) in [6.45, 7) is 0. The number of rotatable bonds is 2. The van der Waals surface area contributed by atoms with Crippen molar-refractivity contribution in [3.8, 4) is 0 Å². The second kappa shape index (κ2) is 4.47. The SMILES string of the molecule is O=S(=O)(c1ccccc1)n1ccc2ccc(Br)nc21. The molecule has 3 aromatic rings. The van der Waals surface area contributed by atoms with Crippen molar-refractivity contribution in [1.29, 1.82) is 0 Å². The summed E-state index contributed by atoms with van der Waals surface area (Å²) in [5.74, 6) is 0. The van der Waals surface area contributed by atoms with Gasteiger partial charge in [0.25, 0.3) is 10.0 Å². The van der Waals surface area contributed by atoms with Gasteiger partial charge >= 0.3 is 0 Å². The maximum Gasteiger partial charge on any atom is 0.269 e. The predicted octanol–water partition coefficient (Wildman–Crippen LogP) is 3.04. The fraction of sp³-hybridized carbons (Fsp3) is 0. The van der Waals surface area contributed by atoms with Gasteiger partial charge in [-0.3, -0.25) is 0 Å². The number of nitrogens with zero attached hydrogens (tertiary/aromatic N) is 2. The van der Waals surface area contributed by atoms with Crippen molar-refractivity contribution in [3.05, 3.63) is 59.3 Å². The molecule has 2 heterocycles. The lowest BCUT2D eigenvalue weighted by atomic mass is 10.3. The minimum absolute atomic E-state index is 0.245. The fourth-order valence-electron chi connectivity index (χ4n) is 1.86. The topological polar surface area (TPSA) is 52.0 Å². The first-order chi connectivity index (χ1) is 9.09. The largest absolute Gasteiger partial charge is 0.269 e. The molecule has 3 rings (SSSR count). The molecule has 0 fully saturated rings. The van der Waals surface area contributed by atoms with Crippen LogP contribution in [0.4, 0.5) is 0 Å². The van der Waals surface area contributed by atoms with Crippen LogP contribution < -0.4 is 0 Å². The van der Waals surface area contributed by atoms with Gasteiger partial charge < -0.3 is 0 Å². The van der Waals surface area contributed by atoms with E-state index < -0.39 is 10.0 Å². The molecule has 0 unspecified atom stereocenters. The van der Waals surface area contributed by atoms with Crippen molar-refractivity contribution in [3.63, 3.8) is 0 Å². The molecule has 19 heavy (non-hydrogen) atoms. The second-order valence-corrected chi connectivity index (χ2v) is 6.60. The Morgan fingerprint density at radius 2 is 1.74 bits per heavy atom. The molecule has 0 radical (unpaired) electrons. The van der Waals surface area contributed by atoms with Gasteiger partial charge in [-0.1, -0.05) is 18.2 Å². The number of fused-ring (bicyclic) bond motifs is 1. The van der Waals surface area contributed by atoms with Gasteiger partial charge in [0, 0.05) is 11.6 Å². The van der Waals surface area contributed by atoms with Crippen molar-refractivity contribution in [2.45, 2.75) is 4.90 Å². The summed E-state index contributed by atoms with van der Waals surface area (Å²) >= 11 is 3.25. The average molecular weight is 337 g/mol. The van der Waals surface area contributed by atoms with Crippen molar-refractivity contribution in [2.24, 2.45) is 0 Å². The zero-order chi connectivity index (χ0) is 13.5. The maximum atomic E-state index is 12.5. The quantitative estimate of drug-likeness (QED) is 0.676. The van der Waals surface area contributed by atoms with Gasteiger partial charge in [-0.15, -0.1) is 0 Å². The predicted molar refractivity (Wildman–Crippen MR) is 76.5 cm³/mol. The third-order valence-electron chi connectivity index (χ3n) is 2.77. The monoisotopic (exact) mass is 336 g/mol. The van der Waals surface area contributed by atoms with Crippen molar-refractivity contribution >= 4 is 37.0 Å². The number of hydrogen-bond acceptors (Lipinski definition) is 3. The van der Waals surface area contributed by atoms with E-state index in [0.717, 1.165) is 5.39 Å². The number of pyridine rings is 1. The first-order valence-corrected chi connectivity index (χ1v) is 7.76. The zero-order valence-corrected chi connectivity index (χ0v) is 12.1. The molecule has 0 aliphatic rings. The van der Waals surface area contributed by atoms with Crippen LogP contribution in [0.1, 0.15) is 0 Å². The molecule has 6 heteroatoms. The number of benzene rings is 1. The summed E-state index contributed by atoms with van der Waals surface area (Å²) in [6, 6.07) is 13.6. The number of halogens is 1.